The minimum absolute atomic E-state index is 0.0226. The molecule has 3 N–H and O–H groups in total. The Bertz CT molecular complexity index is 1100. The van der Waals surface area contributed by atoms with E-state index in [0.29, 0.717) is 5.56 Å². The molecule has 0 atom stereocenters. The van der Waals surface area contributed by atoms with Gasteiger partial charge in [0.25, 0.3) is 0 Å². The first kappa shape index (κ1) is 22.3. The summed E-state index contributed by atoms with van der Waals surface area (Å²) in [6.45, 7) is 0.0650. The van der Waals surface area contributed by atoms with E-state index in [1.165, 1.54) is 12.1 Å². The second-order valence-corrected chi connectivity index (χ2v) is 10.4. The topological polar surface area (TPSA) is 121 Å². The van der Waals surface area contributed by atoms with Gasteiger partial charge in [0.2, 0.25) is 26.0 Å². The lowest BCUT2D eigenvalue weighted by atomic mass is 10.2. The predicted octanol–water partition coefficient (Wildman–Crippen LogP) is 1.25. The van der Waals surface area contributed by atoms with Crippen LogP contribution in [0.4, 0.5) is 4.39 Å². The summed E-state index contributed by atoms with van der Waals surface area (Å²) in [7, 11) is -7.34. The summed E-state index contributed by atoms with van der Waals surface area (Å²) in [5, 5.41) is 2.64. The maximum Gasteiger partial charge on any atom is 0.240 e. The molecular formula is C19H22FN3O5S2. The van der Waals surface area contributed by atoms with Crippen molar-refractivity contribution >= 4 is 26.0 Å². The largest absolute Gasteiger partial charge is 0.352 e. The Morgan fingerprint density at radius 2 is 1.47 bits per heavy atom. The standard InChI is InChI=1S/C19H22FN3O5S2/c20-15-3-9-17(10-4-15)29(25,26)22-12-11-19(24)21-13-14-1-7-18(8-2-14)30(27,28)23-16-5-6-16/h1-4,7-10,16,22-23H,5-6,11-13H2,(H,21,24). The first-order valence-electron chi connectivity index (χ1n) is 9.29. The monoisotopic (exact) mass is 455 g/mol. The fourth-order valence-corrected chi connectivity index (χ4v) is 4.90. The fraction of sp³-hybridized carbons (Fsp3) is 0.316. The van der Waals surface area contributed by atoms with Gasteiger partial charge in [-0.25, -0.2) is 30.7 Å². The second kappa shape index (κ2) is 9.21. The van der Waals surface area contributed by atoms with Gasteiger partial charge in [0, 0.05) is 25.6 Å². The Kier molecular flexibility index (Phi) is 6.86. The van der Waals surface area contributed by atoms with Crippen LogP contribution in [0.3, 0.4) is 0 Å². The smallest absolute Gasteiger partial charge is 0.240 e. The summed E-state index contributed by atoms with van der Waals surface area (Å²) in [4.78, 5) is 12.0. The molecule has 1 amide bonds. The van der Waals surface area contributed by atoms with E-state index >= 15 is 0 Å². The molecule has 0 aliphatic heterocycles. The van der Waals surface area contributed by atoms with E-state index in [-0.39, 0.29) is 41.3 Å². The molecule has 0 heterocycles. The maximum atomic E-state index is 12.9. The lowest BCUT2D eigenvalue weighted by molar-refractivity contribution is -0.121. The number of hydrogen-bond acceptors (Lipinski definition) is 5. The van der Waals surface area contributed by atoms with Crippen molar-refractivity contribution in [2.45, 2.75) is 41.6 Å². The van der Waals surface area contributed by atoms with Crippen molar-refractivity contribution in [2.75, 3.05) is 6.54 Å². The Morgan fingerprint density at radius 1 is 0.900 bits per heavy atom. The molecule has 0 aromatic heterocycles. The maximum absolute atomic E-state index is 12.9. The van der Waals surface area contributed by atoms with E-state index < -0.39 is 25.9 Å². The van der Waals surface area contributed by atoms with Crippen LogP contribution < -0.4 is 14.8 Å². The third kappa shape index (κ3) is 6.33. The third-order valence-corrected chi connectivity index (χ3v) is 7.40. The number of amides is 1. The summed E-state index contributed by atoms with van der Waals surface area (Å²) in [5.41, 5.74) is 0.709. The fourth-order valence-electron chi connectivity index (χ4n) is 2.56. The highest BCUT2D eigenvalue weighted by Gasteiger charge is 2.27. The van der Waals surface area contributed by atoms with Gasteiger partial charge in [0.1, 0.15) is 5.82 Å². The van der Waals surface area contributed by atoms with Crippen LogP contribution in [0.1, 0.15) is 24.8 Å². The first-order valence-corrected chi connectivity index (χ1v) is 12.3. The van der Waals surface area contributed by atoms with Crippen LogP contribution >= 0.6 is 0 Å². The molecule has 11 heteroatoms. The zero-order valence-electron chi connectivity index (χ0n) is 16.0. The van der Waals surface area contributed by atoms with Crippen molar-refractivity contribution in [3.8, 4) is 0 Å². The van der Waals surface area contributed by atoms with Crippen LogP contribution in [0.15, 0.2) is 58.3 Å². The highest BCUT2D eigenvalue weighted by Crippen LogP contribution is 2.22. The minimum Gasteiger partial charge on any atom is -0.352 e. The highest BCUT2D eigenvalue weighted by atomic mass is 32.2. The van der Waals surface area contributed by atoms with Crippen LogP contribution in [0.2, 0.25) is 0 Å². The number of nitrogens with one attached hydrogen (secondary N) is 3. The van der Waals surface area contributed by atoms with Crippen LogP contribution in [0.25, 0.3) is 0 Å². The lowest BCUT2D eigenvalue weighted by Gasteiger charge is -2.09. The molecule has 0 saturated heterocycles. The molecule has 0 unspecified atom stereocenters. The van der Waals surface area contributed by atoms with Gasteiger partial charge in [-0.3, -0.25) is 4.79 Å². The van der Waals surface area contributed by atoms with Gasteiger partial charge in [0.15, 0.2) is 0 Å². The first-order chi connectivity index (χ1) is 14.2. The lowest BCUT2D eigenvalue weighted by Crippen LogP contribution is -2.30. The second-order valence-electron chi connectivity index (χ2n) is 6.92. The van der Waals surface area contributed by atoms with Crippen LogP contribution in [-0.2, 0) is 31.4 Å². The van der Waals surface area contributed by atoms with Gasteiger partial charge in [0.05, 0.1) is 9.79 Å². The van der Waals surface area contributed by atoms with Crippen LogP contribution in [0, 0.1) is 5.82 Å². The normalized spacial score (nSPS) is 14.4. The molecule has 1 saturated carbocycles. The summed E-state index contributed by atoms with van der Waals surface area (Å²) in [6.07, 6.45) is 1.62. The Morgan fingerprint density at radius 3 is 2.07 bits per heavy atom. The highest BCUT2D eigenvalue weighted by molar-refractivity contribution is 7.89. The Labute approximate surface area is 175 Å². The molecule has 3 rings (SSSR count). The predicted molar refractivity (Wildman–Crippen MR) is 108 cm³/mol. The van der Waals surface area contributed by atoms with E-state index in [0.717, 1.165) is 37.1 Å². The molecule has 1 fully saturated rings. The Balaban J connectivity index is 1.43. The van der Waals surface area contributed by atoms with Gasteiger partial charge in [-0.1, -0.05) is 12.1 Å². The molecule has 30 heavy (non-hydrogen) atoms. The molecule has 8 nitrogen and oxygen atoms in total. The zero-order chi connectivity index (χ0) is 21.8. The average Bonchev–Trinajstić information content (AvgIpc) is 3.50. The summed E-state index contributed by atoms with van der Waals surface area (Å²) in [6, 6.07) is 10.6. The molecule has 1 aliphatic rings. The van der Waals surface area contributed by atoms with Gasteiger partial charge in [-0.05, 0) is 54.8 Å². The average molecular weight is 456 g/mol. The van der Waals surface area contributed by atoms with E-state index in [1.807, 2.05) is 0 Å². The van der Waals surface area contributed by atoms with Crippen LogP contribution in [-0.4, -0.2) is 35.3 Å². The number of rotatable bonds is 10. The minimum atomic E-state index is -3.82. The van der Waals surface area contributed by atoms with Crippen molar-refractivity contribution in [3.63, 3.8) is 0 Å². The molecule has 2 aromatic carbocycles. The summed E-state index contributed by atoms with van der Waals surface area (Å²) in [5.74, 6) is -0.915. The zero-order valence-corrected chi connectivity index (χ0v) is 17.6. The quantitative estimate of drug-likeness (QED) is 0.498. The number of hydrogen-bond donors (Lipinski definition) is 3. The molecule has 0 radical (unpaired) electrons. The molecular weight excluding hydrogens is 433 g/mol. The SMILES string of the molecule is O=C(CCNS(=O)(=O)c1ccc(F)cc1)NCc1ccc(S(=O)(=O)NC2CC2)cc1. The molecule has 2 aromatic rings. The number of carbonyl (C=O) groups is 1. The van der Waals surface area contributed by atoms with Crippen molar-refractivity contribution in [1.82, 2.24) is 14.8 Å². The number of carbonyl (C=O) groups excluding carboxylic acids is 1. The summed E-state index contributed by atoms with van der Waals surface area (Å²) < 4.78 is 66.1. The molecule has 162 valence electrons. The van der Waals surface area contributed by atoms with Crippen molar-refractivity contribution in [3.05, 3.63) is 59.9 Å². The van der Waals surface area contributed by atoms with Gasteiger partial charge in [-0.2, -0.15) is 0 Å². The number of halogens is 1. The molecule has 0 bridgehead atoms. The van der Waals surface area contributed by atoms with Gasteiger partial charge in [-0.15, -0.1) is 0 Å². The van der Waals surface area contributed by atoms with Crippen molar-refractivity contribution in [1.29, 1.82) is 0 Å². The third-order valence-electron chi connectivity index (χ3n) is 4.39. The van der Waals surface area contributed by atoms with Crippen LogP contribution in [0.5, 0.6) is 0 Å². The van der Waals surface area contributed by atoms with Gasteiger partial charge < -0.3 is 5.32 Å². The van der Waals surface area contributed by atoms with E-state index in [1.54, 1.807) is 12.1 Å². The van der Waals surface area contributed by atoms with E-state index in [2.05, 4.69) is 14.8 Å². The molecule has 1 aliphatic carbocycles. The molecule has 0 spiro atoms. The van der Waals surface area contributed by atoms with Gasteiger partial charge >= 0.3 is 0 Å². The van der Waals surface area contributed by atoms with E-state index in [9.17, 15) is 26.0 Å². The van der Waals surface area contributed by atoms with E-state index in [4.69, 9.17) is 0 Å². The number of sulfonamides is 2. The summed E-state index contributed by atoms with van der Waals surface area (Å²) >= 11 is 0. The Hall–Kier alpha value is -2.34. The van der Waals surface area contributed by atoms with Crippen molar-refractivity contribution in [2.24, 2.45) is 0 Å². The number of benzene rings is 2. The van der Waals surface area contributed by atoms with Crippen molar-refractivity contribution < 1.29 is 26.0 Å².